The van der Waals surface area contributed by atoms with Gasteiger partial charge in [0, 0.05) is 60.7 Å². The minimum atomic E-state index is -2.06. The minimum Gasteiger partial charge on any atom is -0.453 e. The summed E-state index contributed by atoms with van der Waals surface area (Å²) >= 11 is 0. The number of allylic oxidation sites excluding steroid dienone is 1. The number of piperidine rings is 2. The van der Waals surface area contributed by atoms with Crippen LogP contribution in [0.4, 0.5) is 0 Å². The highest BCUT2D eigenvalue weighted by Crippen LogP contribution is 2.78. The van der Waals surface area contributed by atoms with Gasteiger partial charge in [0.25, 0.3) is 0 Å². The zero-order valence-corrected chi connectivity index (χ0v) is 25.5. The second-order valence-corrected chi connectivity index (χ2v) is 15.7. The third kappa shape index (κ3) is 3.07. The maximum absolute atomic E-state index is 12.9. The Labute approximate surface area is 247 Å². The molecule has 0 unspecified atom stereocenters. The van der Waals surface area contributed by atoms with Gasteiger partial charge in [0.2, 0.25) is 5.79 Å². The molecular formula is C32H49NO9. The topological polar surface area (TPSA) is 160 Å². The number of esters is 1. The first-order valence-corrected chi connectivity index (χ1v) is 16.0. The summed E-state index contributed by atoms with van der Waals surface area (Å²) in [6, 6.07) is -0.387. The summed E-state index contributed by atoms with van der Waals surface area (Å²) in [6.45, 7) is 10.1. The van der Waals surface area contributed by atoms with Crippen molar-refractivity contribution in [3.8, 4) is 0 Å². The highest BCUT2D eigenvalue weighted by Gasteiger charge is 2.88. The summed E-state index contributed by atoms with van der Waals surface area (Å²) in [4.78, 5) is 14.9. The molecule has 0 aromatic rings. The van der Waals surface area contributed by atoms with Crippen LogP contribution in [0.25, 0.3) is 0 Å². The molecule has 7 rings (SSSR count). The Bertz CT molecular complexity index is 1220. The first-order chi connectivity index (χ1) is 19.5. The average Bonchev–Trinajstić information content (AvgIpc) is 3.09. The number of ether oxygens (including phenoxy) is 2. The second kappa shape index (κ2) is 8.57. The van der Waals surface area contributed by atoms with Gasteiger partial charge in [-0.2, -0.15) is 0 Å². The van der Waals surface area contributed by atoms with E-state index in [4.69, 9.17) is 9.47 Å². The molecule has 4 aliphatic carbocycles. The molecule has 0 aromatic heterocycles. The van der Waals surface area contributed by atoms with E-state index in [-0.39, 0.29) is 25.4 Å². The van der Waals surface area contributed by atoms with Gasteiger partial charge in [0.1, 0.15) is 22.4 Å². The van der Waals surface area contributed by atoms with Crippen LogP contribution < -0.4 is 0 Å². The van der Waals surface area contributed by atoms with Crippen molar-refractivity contribution in [2.45, 2.75) is 138 Å². The van der Waals surface area contributed by atoms with Crippen LogP contribution in [-0.4, -0.2) is 107 Å². The van der Waals surface area contributed by atoms with Gasteiger partial charge in [-0.15, -0.1) is 0 Å². The van der Waals surface area contributed by atoms with Crippen molar-refractivity contribution in [3.63, 3.8) is 0 Å². The quantitative estimate of drug-likeness (QED) is 0.202. The molecule has 4 bridgehead atoms. The monoisotopic (exact) mass is 591 g/mol. The summed E-state index contributed by atoms with van der Waals surface area (Å²) in [6.07, 6.45) is 2.30. The molecule has 236 valence electrons. The zero-order chi connectivity index (χ0) is 30.5. The lowest BCUT2D eigenvalue weighted by molar-refractivity contribution is -0.354. The average molecular weight is 592 g/mol. The Kier molecular flexibility index (Phi) is 6.04. The van der Waals surface area contributed by atoms with Gasteiger partial charge in [-0.1, -0.05) is 19.9 Å². The minimum absolute atomic E-state index is 0.0606. The molecule has 0 radical (unpaired) electrons. The van der Waals surface area contributed by atoms with E-state index in [1.807, 2.05) is 6.92 Å². The number of aliphatic hydroxyl groups excluding tert-OH is 1. The van der Waals surface area contributed by atoms with E-state index in [2.05, 4.69) is 11.8 Å². The lowest BCUT2D eigenvalue weighted by Crippen LogP contribution is -2.85. The molecule has 4 saturated carbocycles. The van der Waals surface area contributed by atoms with Crippen LogP contribution in [-0.2, 0) is 14.3 Å². The molecule has 3 aliphatic heterocycles. The molecule has 0 amide bonds. The van der Waals surface area contributed by atoms with Gasteiger partial charge >= 0.3 is 5.97 Å². The predicted octanol–water partition coefficient (Wildman–Crippen LogP) is 0.991. The van der Waals surface area contributed by atoms with Gasteiger partial charge in [0.05, 0.1) is 11.7 Å². The maximum atomic E-state index is 12.9. The third-order valence-electron chi connectivity index (χ3n) is 14.1. The SMILES string of the molecule is C/C=C(/C)C(=O)O[C@H]1CC[C@@]2(C)[C@@H]3CC[C@H]4[C@]5(O)C[C@H](O)[C@@]6(O)[C@H](CN7C[C@@H](C)CC[C@H]7[C@@]6(C)O)[C@]5(O)C[C@@]42O[C@]13O. The number of rotatable bonds is 2. The number of hydrogen-bond donors (Lipinski definition) is 6. The van der Waals surface area contributed by atoms with Gasteiger partial charge in [-0.05, 0) is 65.2 Å². The summed E-state index contributed by atoms with van der Waals surface area (Å²) in [5.74, 6) is -4.05. The van der Waals surface area contributed by atoms with E-state index in [9.17, 15) is 35.4 Å². The fraction of sp³-hybridized carbons (Fsp3) is 0.906. The number of aliphatic hydroxyl groups is 6. The number of carbonyl (C=O) groups excluding carboxylic acids is 1. The van der Waals surface area contributed by atoms with E-state index in [1.54, 1.807) is 26.8 Å². The molecule has 0 aromatic carbocycles. The molecule has 6 N–H and O–H groups in total. The molecule has 1 spiro atoms. The summed E-state index contributed by atoms with van der Waals surface area (Å²) in [5, 5.41) is 73.9. The van der Waals surface area contributed by atoms with Crippen LogP contribution >= 0.6 is 0 Å². The van der Waals surface area contributed by atoms with E-state index in [1.165, 1.54) is 0 Å². The predicted molar refractivity (Wildman–Crippen MR) is 150 cm³/mol. The molecule has 10 heteroatoms. The van der Waals surface area contributed by atoms with Crippen molar-refractivity contribution >= 4 is 5.97 Å². The Morgan fingerprint density at radius 2 is 1.64 bits per heavy atom. The molecule has 42 heavy (non-hydrogen) atoms. The van der Waals surface area contributed by atoms with Crippen molar-refractivity contribution in [3.05, 3.63) is 11.6 Å². The van der Waals surface area contributed by atoms with Crippen molar-refractivity contribution in [1.29, 1.82) is 0 Å². The zero-order valence-electron chi connectivity index (χ0n) is 25.5. The first kappa shape index (κ1) is 29.6. The molecule has 3 heterocycles. The normalized spacial score (nSPS) is 60.3. The molecular weight excluding hydrogens is 542 g/mol. The van der Waals surface area contributed by atoms with E-state index >= 15 is 0 Å². The Morgan fingerprint density at radius 3 is 2.33 bits per heavy atom. The number of carbonyl (C=O) groups is 1. The van der Waals surface area contributed by atoms with Crippen LogP contribution in [0.1, 0.15) is 86.0 Å². The molecule has 7 fully saturated rings. The van der Waals surface area contributed by atoms with E-state index in [0.29, 0.717) is 50.1 Å². The van der Waals surface area contributed by atoms with E-state index in [0.717, 1.165) is 6.42 Å². The largest absolute Gasteiger partial charge is 0.453 e. The summed E-state index contributed by atoms with van der Waals surface area (Å²) in [7, 11) is 0. The molecule has 10 nitrogen and oxygen atoms in total. The van der Waals surface area contributed by atoms with Crippen LogP contribution in [0.15, 0.2) is 11.6 Å². The van der Waals surface area contributed by atoms with Crippen molar-refractivity contribution in [2.75, 3.05) is 13.1 Å². The molecule has 7 aliphatic rings. The molecule has 14 atom stereocenters. The third-order valence-corrected chi connectivity index (χ3v) is 14.1. The van der Waals surface area contributed by atoms with Gasteiger partial charge in [0.15, 0.2) is 6.10 Å². The Morgan fingerprint density at radius 1 is 0.952 bits per heavy atom. The van der Waals surface area contributed by atoms with Crippen LogP contribution in [0.3, 0.4) is 0 Å². The summed E-state index contributed by atoms with van der Waals surface area (Å²) < 4.78 is 12.6. The fourth-order valence-corrected chi connectivity index (χ4v) is 11.8. The van der Waals surface area contributed by atoms with E-state index < -0.39 is 75.1 Å². The molecule has 3 saturated heterocycles. The fourth-order valence-electron chi connectivity index (χ4n) is 11.8. The summed E-state index contributed by atoms with van der Waals surface area (Å²) in [5.41, 5.74) is -8.96. The standard InChI is InChI=1S/C32H49NO9/c1-6-18(3)25(35)41-24-11-12-26(4)19-8-9-20-28(37)13-23(34)31(39)21(29(28,38)16-30(20,26)42-32(19,24)40)15-33-14-17(2)7-10-22(33)27(31,5)36/h6,17,19-24,34,36-40H,7-16H2,1-5H3/b18-6-/t17-,19-,20-,21+,22-,23-,24-,26-,27+,28+,29+,30+,31-,32-/m0/s1. The number of nitrogens with zero attached hydrogens (tertiary/aromatic N) is 1. The first-order valence-electron chi connectivity index (χ1n) is 16.0. The lowest BCUT2D eigenvalue weighted by Gasteiger charge is -2.68. The van der Waals surface area contributed by atoms with Crippen LogP contribution in [0, 0.1) is 29.1 Å². The Hall–Kier alpha value is -1.11. The highest BCUT2D eigenvalue weighted by molar-refractivity contribution is 5.87. The van der Waals surface area contributed by atoms with Gasteiger partial charge < -0.3 is 40.1 Å². The van der Waals surface area contributed by atoms with Crippen molar-refractivity contribution in [1.82, 2.24) is 4.90 Å². The number of fused-ring (bicyclic) bond motifs is 5. The van der Waals surface area contributed by atoms with Crippen LogP contribution in [0.5, 0.6) is 0 Å². The lowest BCUT2D eigenvalue weighted by atomic mass is 9.49. The number of hydrogen-bond acceptors (Lipinski definition) is 10. The Balaban J connectivity index is 1.32. The highest BCUT2D eigenvalue weighted by atomic mass is 16.7. The van der Waals surface area contributed by atoms with Crippen LogP contribution in [0.2, 0.25) is 0 Å². The van der Waals surface area contributed by atoms with Crippen molar-refractivity contribution in [2.24, 2.45) is 29.1 Å². The second-order valence-electron chi connectivity index (χ2n) is 15.7. The maximum Gasteiger partial charge on any atom is 0.333 e. The van der Waals surface area contributed by atoms with Gasteiger partial charge in [-0.25, -0.2) is 4.79 Å². The van der Waals surface area contributed by atoms with Crippen molar-refractivity contribution < 1.29 is 44.9 Å². The smallest absolute Gasteiger partial charge is 0.333 e. The van der Waals surface area contributed by atoms with Gasteiger partial charge in [-0.3, -0.25) is 4.90 Å².